The highest BCUT2D eigenvalue weighted by molar-refractivity contribution is 5.88. The largest absolute Gasteiger partial charge is 0.455 e. The van der Waals surface area contributed by atoms with Gasteiger partial charge in [0.05, 0.1) is 12.5 Å². The predicted molar refractivity (Wildman–Crippen MR) is 34.6 cm³/mol. The van der Waals surface area contributed by atoms with E-state index in [9.17, 15) is 4.79 Å². The fourth-order valence-electron chi connectivity index (χ4n) is 0.328. The lowest BCUT2D eigenvalue weighted by Gasteiger charge is -1.92. The third-order valence-electron chi connectivity index (χ3n) is 0.674. The Morgan fingerprint density at radius 3 is 2.90 bits per heavy atom. The number of nitrogens with zero attached hydrogens (tertiary/aromatic N) is 1. The summed E-state index contributed by atoms with van der Waals surface area (Å²) in [4.78, 5) is 10.4. The summed E-state index contributed by atoms with van der Waals surface area (Å²) in [5, 5.41) is 8.03. The normalized spacial score (nSPS) is 6.80. The van der Waals surface area contributed by atoms with Crippen molar-refractivity contribution in [1.82, 2.24) is 0 Å². The number of rotatable bonds is 2. The Balaban J connectivity index is 3.39. The van der Waals surface area contributed by atoms with Gasteiger partial charge in [-0.05, 0) is 6.92 Å². The first kappa shape index (κ1) is 8.52. The van der Waals surface area contributed by atoms with Crippen molar-refractivity contribution in [1.29, 1.82) is 5.26 Å². The maximum absolute atomic E-state index is 10.4. The van der Waals surface area contributed by atoms with Crippen molar-refractivity contribution in [2.45, 2.75) is 13.3 Å². The molecular formula is C7H7NO2. The second kappa shape index (κ2) is 5.65. The summed E-state index contributed by atoms with van der Waals surface area (Å²) < 4.78 is 4.49. The molecule has 0 N–H and O–H groups in total. The van der Waals surface area contributed by atoms with Gasteiger partial charge in [0.1, 0.15) is 6.61 Å². The number of ether oxygens (including phenoxy) is 1. The van der Waals surface area contributed by atoms with Crippen LogP contribution in [0.2, 0.25) is 0 Å². The molecule has 0 rings (SSSR count). The number of carbonyl (C=O) groups excluding carboxylic acids is 1. The second-order valence-corrected chi connectivity index (χ2v) is 1.42. The predicted octanol–water partition coefficient (Wildman–Crippen LogP) is 0.467. The zero-order chi connectivity index (χ0) is 7.82. The van der Waals surface area contributed by atoms with Gasteiger partial charge < -0.3 is 4.74 Å². The van der Waals surface area contributed by atoms with Gasteiger partial charge in [-0.2, -0.15) is 5.26 Å². The van der Waals surface area contributed by atoms with Crippen LogP contribution in [0.25, 0.3) is 0 Å². The molecule has 0 aromatic rings. The van der Waals surface area contributed by atoms with Crippen molar-refractivity contribution < 1.29 is 9.53 Å². The summed E-state index contributed by atoms with van der Waals surface area (Å²) in [7, 11) is 0. The highest BCUT2D eigenvalue weighted by Crippen LogP contribution is 1.79. The maximum Gasteiger partial charge on any atom is 0.384 e. The molecule has 0 saturated carbocycles. The van der Waals surface area contributed by atoms with Crippen molar-refractivity contribution in [2.24, 2.45) is 0 Å². The minimum absolute atomic E-state index is 0.129. The van der Waals surface area contributed by atoms with E-state index in [4.69, 9.17) is 5.26 Å². The van der Waals surface area contributed by atoms with Gasteiger partial charge >= 0.3 is 5.97 Å². The monoisotopic (exact) mass is 137 g/mol. The SMILES string of the molecule is CC#CC(=O)OCCC#N. The summed E-state index contributed by atoms with van der Waals surface area (Å²) in [5.41, 5.74) is 0. The lowest BCUT2D eigenvalue weighted by Crippen LogP contribution is -2.01. The first-order valence-corrected chi connectivity index (χ1v) is 2.77. The van der Waals surface area contributed by atoms with Crippen LogP contribution in [-0.2, 0) is 9.53 Å². The molecule has 0 fully saturated rings. The number of nitriles is 1. The van der Waals surface area contributed by atoms with Crippen molar-refractivity contribution in [2.75, 3.05) is 6.61 Å². The standard InChI is InChI=1S/C7H7NO2/c1-2-4-7(9)10-6-3-5-8/h3,6H2,1H3. The van der Waals surface area contributed by atoms with E-state index in [0.717, 1.165) is 0 Å². The summed E-state index contributed by atoms with van der Waals surface area (Å²) >= 11 is 0. The lowest BCUT2D eigenvalue weighted by molar-refractivity contribution is -0.136. The van der Waals surface area contributed by atoms with E-state index in [-0.39, 0.29) is 13.0 Å². The van der Waals surface area contributed by atoms with Crippen LogP contribution in [0, 0.1) is 23.2 Å². The molecule has 52 valence electrons. The summed E-state index contributed by atoms with van der Waals surface area (Å²) in [6.45, 7) is 1.68. The topological polar surface area (TPSA) is 50.1 Å². The Morgan fingerprint density at radius 2 is 2.40 bits per heavy atom. The third-order valence-corrected chi connectivity index (χ3v) is 0.674. The summed E-state index contributed by atoms with van der Waals surface area (Å²) in [6, 6.07) is 1.84. The van der Waals surface area contributed by atoms with Crippen LogP contribution >= 0.6 is 0 Å². The zero-order valence-electron chi connectivity index (χ0n) is 5.68. The molecule has 0 aliphatic carbocycles. The van der Waals surface area contributed by atoms with Crippen LogP contribution in [0.4, 0.5) is 0 Å². The Bertz CT molecular complexity index is 204. The molecule has 0 saturated heterocycles. The van der Waals surface area contributed by atoms with Crippen LogP contribution in [0.5, 0.6) is 0 Å². The number of carbonyl (C=O) groups is 1. The maximum atomic E-state index is 10.4. The second-order valence-electron chi connectivity index (χ2n) is 1.42. The molecule has 0 radical (unpaired) electrons. The first-order chi connectivity index (χ1) is 4.81. The van der Waals surface area contributed by atoms with E-state index in [1.165, 1.54) is 0 Å². The average molecular weight is 137 g/mol. The van der Waals surface area contributed by atoms with Crippen LogP contribution in [0.1, 0.15) is 13.3 Å². The smallest absolute Gasteiger partial charge is 0.384 e. The molecule has 0 atom stereocenters. The van der Waals surface area contributed by atoms with Crippen LogP contribution in [-0.4, -0.2) is 12.6 Å². The Kier molecular flexibility index (Phi) is 4.82. The summed E-state index contributed by atoms with van der Waals surface area (Å²) in [6.07, 6.45) is 0.219. The van der Waals surface area contributed by atoms with E-state index in [1.807, 2.05) is 6.07 Å². The van der Waals surface area contributed by atoms with Gasteiger partial charge in [0.2, 0.25) is 0 Å². The minimum atomic E-state index is -0.572. The molecule has 3 nitrogen and oxygen atoms in total. The van der Waals surface area contributed by atoms with Gasteiger partial charge in [-0.3, -0.25) is 0 Å². The molecular weight excluding hydrogens is 130 g/mol. The molecule has 0 aromatic heterocycles. The number of hydrogen-bond donors (Lipinski definition) is 0. The minimum Gasteiger partial charge on any atom is -0.455 e. The quantitative estimate of drug-likeness (QED) is 0.240. The van der Waals surface area contributed by atoms with Crippen LogP contribution in [0.3, 0.4) is 0 Å². The molecule has 0 amide bonds. The van der Waals surface area contributed by atoms with Crippen molar-refractivity contribution >= 4 is 5.97 Å². The Morgan fingerprint density at radius 1 is 1.70 bits per heavy atom. The van der Waals surface area contributed by atoms with E-state index >= 15 is 0 Å². The molecule has 10 heavy (non-hydrogen) atoms. The molecule has 0 aliphatic heterocycles. The molecule has 0 bridgehead atoms. The highest BCUT2D eigenvalue weighted by Gasteiger charge is 1.93. The highest BCUT2D eigenvalue weighted by atomic mass is 16.5. The van der Waals surface area contributed by atoms with Gasteiger partial charge in [-0.1, -0.05) is 5.92 Å². The van der Waals surface area contributed by atoms with Crippen molar-refractivity contribution in [3.05, 3.63) is 0 Å². The van der Waals surface area contributed by atoms with Crippen LogP contribution < -0.4 is 0 Å². The Labute approximate surface area is 59.6 Å². The lowest BCUT2D eigenvalue weighted by atomic mass is 10.5. The van der Waals surface area contributed by atoms with Crippen LogP contribution in [0.15, 0.2) is 0 Å². The molecule has 3 heteroatoms. The van der Waals surface area contributed by atoms with Gasteiger partial charge in [0.15, 0.2) is 0 Å². The van der Waals surface area contributed by atoms with Gasteiger partial charge in [-0.25, -0.2) is 4.79 Å². The molecule has 0 heterocycles. The molecule has 0 aliphatic rings. The van der Waals surface area contributed by atoms with Gasteiger partial charge in [-0.15, -0.1) is 0 Å². The summed E-state index contributed by atoms with van der Waals surface area (Å²) in [5.74, 6) is 4.00. The molecule has 0 aromatic carbocycles. The third kappa shape index (κ3) is 4.67. The number of esters is 1. The Hall–Kier alpha value is -1.48. The zero-order valence-corrected chi connectivity index (χ0v) is 5.68. The van der Waals surface area contributed by atoms with Gasteiger partial charge in [0, 0.05) is 5.92 Å². The van der Waals surface area contributed by atoms with E-state index in [2.05, 4.69) is 16.6 Å². The van der Waals surface area contributed by atoms with Crippen molar-refractivity contribution in [3.8, 4) is 17.9 Å². The molecule has 0 unspecified atom stereocenters. The first-order valence-electron chi connectivity index (χ1n) is 2.77. The van der Waals surface area contributed by atoms with Crippen molar-refractivity contribution in [3.63, 3.8) is 0 Å². The average Bonchev–Trinajstić information content (AvgIpc) is 1.89. The van der Waals surface area contributed by atoms with Gasteiger partial charge in [0.25, 0.3) is 0 Å². The molecule has 0 spiro atoms. The van der Waals surface area contributed by atoms with E-state index < -0.39 is 5.97 Å². The van der Waals surface area contributed by atoms with E-state index in [0.29, 0.717) is 0 Å². The number of hydrogen-bond acceptors (Lipinski definition) is 3. The fourth-order valence-corrected chi connectivity index (χ4v) is 0.328. The fraction of sp³-hybridized carbons (Fsp3) is 0.429. The van der Waals surface area contributed by atoms with E-state index in [1.54, 1.807) is 6.92 Å².